The van der Waals surface area contributed by atoms with E-state index in [9.17, 15) is 13.6 Å². The molecule has 1 atom stereocenters. The van der Waals surface area contributed by atoms with Crippen LogP contribution in [0.2, 0.25) is 0 Å². The van der Waals surface area contributed by atoms with Gasteiger partial charge in [0.1, 0.15) is 0 Å². The molecule has 2 rings (SSSR count). The number of likely N-dealkylation sites (tertiary alicyclic amines) is 1. The van der Waals surface area contributed by atoms with Crippen molar-refractivity contribution in [3.8, 4) is 0 Å². The number of carbonyl (C=O) groups excluding carboxylic acids is 1. The first-order chi connectivity index (χ1) is 9.10. The van der Waals surface area contributed by atoms with Gasteiger partial charge in [0, 0.05) is 17.8 Å². The fourth-order valence-electron chi connectivity index (χ4n) is 2.27. The number of nitrogens with zero attached hydrogens (tertiary/aromatic N) is 1. The third kappa shape index (κ3) is 3.48. The van der Waals surface area contributed by atoms with Crippen molar-refractivity contribution < 1.29 is 18.7 Å². The van der Waals surface area contributed by atoms with E-state index in [1.54, 1.807) is 0 Å². The number of nitrogens with one attached hydrogen (secondary N) is 1. The van der Waals surface area contributed by atoms with E-state index in [0.29, 0.717) is 0 Å². The van der Waals surface area contributed by atoms with Gasteiger partial charge in [-0.1, -0.05) is 0 Å². The Hall–Kier alpha value is -1.53. The van der Waals surface area contributed by atoms with Gasteiger partial charge in [0.05, 0.1) is 13.2 Å². The summed E-state index contributed by atoms with van der Waals surface area (Å²) in [6.07, 6.45) is 1.82. The van der Waals surface area contributed by atoms with Crippen LogP contribution in [-0.4, -0.2) is 41.7 Å². The van der Waals surface area contributed by atoms with Crippen LogP contribution in [0.3, 0.4) is 0 Å². The number of benzene rings is 1. The molecule has 1 aromatic rings. The Morgan fingerprint density at radius 3 is 2.89 bits per heavy atom. The Morgan fingerprint density at radius 2 is 2.21 bits per heavy atom. The Bertz CT molecular complexity index is 468. The fourth-order valence-corrected chi connectivity index (χ4v) is 2.27. The van der Waals surface area contributed by atoms with Crippen LogP contribution in [0.4, 0.5) is 14.5 Å². The first-order valence-electron chi connectivity index (χ1n) is 6.20. The molecule has 0 aliphatic carbocycles. The van der Waals surface area contributed by atoms with Crippen molar-refractivity contribution >= 4 is 11.6 Å². The van der Waals surface area contributed by atoms with Gasteiger partial charge in [-0.15, -0.1) is 0 Å². The molecule has 0 saturated carbocycles. The number of aliphatic hydroxyl groups excluding tert-OH is 1. The van der Waals surface area contributed by atoms with Crippen molar-refractivity contribution in [3.63, 3.8) is 0 Å². The van der Waals surface area contributed by atoms with Crippen LogP contribution in [-0.2, 0) is 4.79 Å². The van der Waals surface area contributed by atoms with Crippen LogP contribution in [0.1, 0.15) is 12.8 Å². The predicted molar refractivity (Wildman–Crippen MR) is 66.7 cm³/mol. The third-order valence-electron chi connectivity index (χ3n) is 3.26. The summed E-state index contributed by atoms with van der Waals surface area (Å²) in [5, 5.41) is 11.7. The van der Waals surface area contributed by atoms with Gasteiger partial charge in [0.2, 0.25) is 5.91 Å². The highest BCUT2D eigenvalue weighted by Crippen LogP contribution is 2.17. The summed E-state index contributed by atoms with van der Waals surface area (Å²) in [6, 6.07) is 3.23. The van der Waals surface area contributed by atoms with E-state index in [0.717, 1.165) is 31.5 Å². The maximum absolute atomic E-state index is 13.0. The van der Waals surface area contributed by atoms with Gasteiger partial charge in [-0.2, -0.15) is 0 Å². The molecule has 1 aliphatic heterocycles. The number of hydrogen-bond donors (Lipinski definition) is 2. The maximum Gasteiger partial charge on any atom is 0.238 e. The normalized spacial score (nSPS) is 19.6. The van der Waals surface area contributed by atoms with E-state index in [4.69, 9.17) is 5.11 Å². The van der Waals surface area contributed by atoms with E-state index >= 15 is 0 Å². The molecule has 1 heterocycles. The summed E-state index contributed by atoms with van der Waals surface area (Å²) < 4.78 is 25.7. The molecule has 0 unspecified atom stereocenters. The summed E-state index contributed by atoms with van der Waals surface area (Å²) >= 11 is 0. The highest BCUT2D eigenvalue weighted by molar-refractivity contribution is 5.92. The lowest BCUT2D eigenvalue weighted by Gasteiger charge is -2.21. The monoisotopic (exact) mass is 270 g/mol. The SMILES string of the molecule is O=C(CN1CCC[C@@H]1CO)Nc1ccc(F)c(F)c1. The van der Waals surface area contributed by atoms with Crippen LogP contribution in [0, 0.1) is 11.6 Å². The number of carbonyl (C=O) groups is 1. The predicted octanol–water partition coefficient (Wildman–Crippen LogP) is 1.36. The molecular formula is C13H16F2N2O2. The van der Waals surface area contributed by atoms with E-state index in [-0.39, 0.29) is 30.8 Å². The van der Waals surface area contributed by atoms with Gasteiger partial charge >= 0.3 is 0 Å². The smallest absolute Gasteiger partial charge is 0.238 e. The molecule has 0 spiro atoms. The minimum atomic E-state index is -0.993. The van der Waals surface area contributed by atoms with Gasteiger partial charge in [0.25, 0.3) is 0 Å². The number of hydrogen-bond acceptors (Lipinski definition) is 3. The van der Waals surface area contributed by atoms with Crippen LogP contribution in [0.15, 0.2) is 18.2 Å². The van der Waals surface area contributed by atoms with Gasteiger partial charge in [0.15, 0.2) is 11.6 Å². The standard InChI is InChI=1S/C13H16F2N2O2/c14-11-4-3-9(6-12(11)15)16-13(19)7-17-5-1-2-10(17)8-18/h3-4,6,10,18H,1-2,5,7-8H2,(H,16,19)/t10-/m1/s1. The van der Waals surface area contributed by atoms with Gasteiger partial charge in [-0.05, 0) is 31.5 Å². The second kappa shape index (κ2) is 6.08. The average Bonchev–Trinajstić information content (AvgIpc) is 2.81. The zero-order valence-corrected chi connectivity index (χ0v) is 10.4. The number of halogens is 2. The lowest BCUT2D eigenvalue weighted by molar-refractivity contribution is -0.117. The molecule has 1 aromatic carbocycles. The molecule has 0 radical (unpaired) electrons. The Morgan fingerprint density at radius 1 is 1.42 bits per heavy atom. The zero-order valence-electron chi connectivity index (χ0n) is 10.4. The average molecular weight is 270 g/mol. The highest BCUT2D eigenvalue weighted by Gasteiger charge is 2.25. The summed E-state index contributed by atoms with van der Waals surface area (Å²) in [5.74, 6) is -2.24. The van der Waals surface area contributed by atoms with Crippen molar-refractivity contribution in [1.29, 1.82) is 0 Å². The molecule has 0 bridgehead atoms. The summed E-state index contributed by atoms with van der Waals surface area (Å²) in [6.45, 7) is 0.930. The first kappa shape index (κ1) is 13.9. The summed E-state index contributed by atoms with van der Waals surface area (Å²) in [4.78, 5) is 13.7. The molecule has 2 N–H and O–H groups in total. The Kier molecular flexibility index (Phi) is 4.44. The topological polar surface area (TPSA) is 52.6 Å². The second-order valence-corrected chi connectivity index (χ2v) is 4.63. The molecule has 4 nitrogen and oxygen atoms in total. The number of amides is 1. The summed E-state index contributed by atoms with van der Waals surface area (Å²) in [5.41, 5.74) is 0.226. The van der Waals surface area contributed by atoms with E-state index < -0.39 is 11.6 Å². The number of anilines is 1. The van der Waals surface area contributed by atoms with Crippen molar-refractivity contribution in [2.24, 2.45) is 0 Å². The van der Waals surface area contributed by atoms with Crippen molar-refractivity contribution in [2.45, 2.75) is 18.9 Å². The Balaban J connectivity index is 1.92. The van der Waals surface area contributed by atoms with E-state index in [2.05, 4.69) is 5.32 Å². The van der Waals surface area contributed by atoms with Crippen molar-refractivity contribution in [1.82, 2.24) is 4.90 Å². The zero-order chi connectivity index (χ0) is 13.8. The van der Waals surface area contributed by atoms with Crippen LogP contribution < -0.4 is 5.32 Å². The van der Waals surface area contributed by atoms with Crippen LogP contribution in [0.5, 0.6) is 0 Å². The Labute approximate surface area is 110 Å². The molecule has 104 valence electrons. The molecule has 1 fully saturated rings. The molecule has 1 amide bonds. The molecule has 1 saturated heterocycles. The van der Waals surface area contributed by atoms with Crippen molar-refractivity contribution in [2.75, 3.05) is 25.0 Å². The van der Waals surface area contributed by atoms with E-state index in [1.165, 1.54) is 6.07 Å². The number of aliphatic hydroxyl groups is 1. The third-order valence-corrected chi connectivity index (χ3v) is 3.26. The molecule has 0 aromatic heterocycles. The molecule has 1 aliphatic rings. The minimum absolute atomic E-state index is 0.00991. The van der Waals surface area contributed by atoms with Gasteiger partial charge in [-0.25, -0.2) is 8.78 Å². The van der Waals surface area contributed by atoms with Gasteiger partial charge in [-0.3, -0.25) is 9.69 Å². The molecule has 19 heavy (non-hydrogen) atoms. The molecular weight excluding hydrogens is 254 g/mol. The fraction of sp³-hybridized carbons (Fsp3) is 0.462. The quantitative estimate of drug-likeness (QED) is 0.868. The first-order valence-corrected chi connectivity index (χ1v) is 6.20. The largest absolute Gasteiger partial charge is 0.395 e. The van der Waals surface area contributed by atoms with Crippen LogP contribution in [0.25, 0.3) is 0 Å². The van der Waals surface area contributed by atoms with Crippen molar-refractivity contribution in [3.05, 3.63) is 29.8 Å². The summed E-state index contributed by atoms with van der Waals surface area (Å²) in [7, 11) is 0. The maximum atomic E-state index is 13.0. The van der Waals surface area contributed by atoms with E-state index in [1.807, 2.05) is 4.90 Å². The highest BCUT2D eigenvalue weighted by atomic mass is 19.2. The lowest BCUT2D eigenvalue weighted by atomic mass is 10.2. The van der Waals surface area contributed by atoms with Crippen LogP contribution >= 0.6 is 0 Å². The lowest BCUT2D eigenvalue weighted by Crippen LogP contribution is -2.38. The van der Waals surface area contributed by atoms with Gasteiger partial charge < -0.3 is 10.4 Å². The minimum Gasteiger partial charge on any atom is -0.395 e. The second-order valence-electron chi connectivity index (χ2n) is 4.63. The molecule has 6 heteroatoms. The number of rotatable bonds is 4.